The van der Waals surface area contributed by atoms with E-state index in [0.29, 0.717) is 0 Å². The minimum atomic E-state index is -0.283. The average molecular weight is 382 g/mol. The molecule has 0 amide bonds. The summed E-state index contributed by atoms with van der Waals surface area (Å²) >= 11 is 6.35. The first-order chi connectivity index (χ1) is 13.1. The Morgan fingerprint density at radius 2 is 1.74 bits per heavy atom. The molecule has 5 nitrogen and oxygen atoms in total. The monoisotopic (exact) mass is 381 g/mol. The van der Waals surface area contributed by atoms with E-state index in [0.717, 1.165) is 53.5 Å². The fourth-order valence-electron chi connectivity index (χ4n) is 3.85. The van der Waals surface area contributed by atoms with E-state index in [1.54, 1.807) is 0 Å². The molecule has 1 aromatic heterocycles. The summed E-state index contributed by atoms with van der Waals surface area (Å²) < 4.78 is 1.83. The normalized spacial score (nSPS) is 16.3. The van der Waals surface area contributed by atoms with E-state index in [1.165, 1.54) is 12.0 Å². The van der Waals surface area contributed by atoms with Crippen LogP contribution < -0.4 is 5.32 Å². The fraction of sp³-hybridized carbons (Fsp3) is 0.381. The van der Waals surface area contributed by atoms with Gasteiger partial charge in [-0.3, -0.25) is 0 Å². The molecule has 1 heterocycles. The number of halogens is 1. The smallest absolute Gasteiger partial charge is 0.181 e. The summed E-state index contributed by atoms with van der Waals surface area (Å²) in [6.45, 7) is 4.09. The van der Waals surface area contributed by atoms with E-state index in [2.05, 4.69) is 52.0 Å². The molecular formula is C21H24ClN5. The number of benzene rings is 2. The highest BCUT2D eigenvalue weighted by atomic mass is 35.5. The molecule has 0 radical (unpaired) electrons. The van der Waals surface area contributed by atoms with Crippen molar-refractivity contribution >= 4 is 17.3 Å². The molecule has 3 aromatic rings. The van der Waals surface area contributed by atoms with Gasteiger partial charge in [-0.1, -0.05) is 54.6 Å². The van der Waals surface area contributed by atoms with Crippen molar-refractivity contribution in [1.82, 2.24) is 20.2 Å². The van der Waals surface area contributed by atoms with Crippen molar-refractivity contribution in [2.24, 2.45) is 0 Å². The van der Waals surface area contributed by atoms with Crippen molar-refractivity contribution in [2.45, 2.75) is 51.5 Å². The van der Waals surface area contributed by atoms with E-state index in [1.807, 2.05) is 29.8 Å². The van der Waals surface area contributed by atoms with Crippen LogP contribution in [0.1, 0.15) is 49.1 Å². The molecule has 1 fully saturated rings. The minimum Gasteiger partial charge on any atom is -0.373 e. The lowest BCUT2D eigenvalue weighted by Gasteiger charge is -2.37. The molecule has 1 saturated carbocycles. The summed E-state index contributed by atoms with van der Waals surface area (Å²) in [5.41, 5.74) is 3.99. The van der Waals surface area contributed by atoms with Crippen LogP contribution in [0.2, 0.25) is 5.02 Å². The summed E-state index contributed by atoms with van der Waals surface area (Å²) in [5, 5.41) is 17.2. The summed E-state index contributed by atoms with van der Waals surface area (Å²) in [5.74, 6) is 0.850. The van der Waals surface area contributed by atoms with Crippen LogP contribution in [0.15, 0.2) is 42.5 Å². The predicted molar refractivity (Wildman–Crippen MR) is 108 cm³/mol. The summed E-state index contributed by atoms with van der Waals surface area (Å²) in [4.78, 5) is 0. The number of nitrogens with zero attached hydrogens (tertiary/aromatic N) is 4. The Kier molecular flexibility index (Phi) is 4.87. The predicted octanol–water partition coefficient (Wildman–Crippen LogP) is 5.20. The molecule has 1 aliphatic rings. The Morgan fingerprint density at radius 3 is 2.44 bits per heavy atom. The van der Waals surface area contributed by atoms with Gasteiger partial charge < -0.3 is 5.32 Å². The number of hydrogen-bond acceptors (Lipinski definition) is 4. The first kappa shape index (κ1) is 18.0. The second kappa shape index (κ2) is 7.31. The van der Waals surface area contributed by atoms with E-state index in [9.17, 15) is 0 Å². The molecule has 27 heavy (non-hydrogen) atoms. The van der Waals surface area contributed by atoms with Crippen LogP contribution in [0, 0.1) is 13.8 Å². The van der Waals surface area contributed by atoms with Gasteiger partial charge in [-0.15, -0.1) is 5.10 Å². The number of aryl methyl sites for hydroxylation is 2. The van der Waals surface area contributed by atoms with Crippen LogP contribution in [0.5, 0.6) is 0 Å². The van der Waals surface area contributed by atoms with Crippen molar-refractivity contribution in [3.05, 3.63) is 64.4 Å². The van der Waals surface area contributed by atoms with Gasteiger partial charge in [0.1, 0.15) is 0 Å². The van der Waals surface area contributed by atoms with Crippen LogP contribution in [0.4, 0.5) is 5.69 Å². The Hall–Kier alpha value is -2.40. The molecule has 2 aromatic carbocycles. The van der Waals surface area contributed by atoms with Gasteiger partial charge in [-0.25, -0.2) is 0 Å². The fourth-order valence-corrected chi connectivity index (χ4v) is 4.02. The summed E-state index contributed by atoms with van der Waals surface area (Å²) in [6, 6.07) is 14.5. The third-order valence-electron chi connectivity index (χ3n) is 5.44. The summed E-state index contributed by atoms with van der Waals surface area (Å²) in [7, 11) is 0. The SMILES string of the molecule is Cc1ccc(NC2(c3nnnn3-c3ccc(C)c(Cl)c3)CCCCC2)cc1. The number of aromatic nitrogens is 4. The van der Waals surface area contributed by atoms with Gasteiger partial charge in [0.2, 0.25) is 0 Å². The molecule has 4 rings (SSSR count). The highest BCUT2D eigenvalue weighted by Crippen LogP contribution is 2.39. The molecule has 1 aliphatic carbocycles. The molecule has 6 heteroatoms. The zero-order valence-electron chi connectivity index (χ0n) is 15.7. The van der Waals surface area contributed by atoms with Crippen molar-refractivity contribution in [3.63, 3.8) is 0 Å². The second-order valence-electron chi connectivity index (χ2n) is 7.48. The van der Waals surface area contributed by atoms with Crippen LogP contribution >= 0.6 is 11.6 Å². The van der Waals surface area contributed by atoms with Crippen LogP contribution in [-0.4, -0.2) is 20.2 Å². The zero-order chi connectivity index (χ0) is 18.9. The van der Waals surface area contributed by atoms with Gasteiger partial charge in [-0.05, 0) is 66.9 Å². The maximum absolute atomic E-state index is 6.35. The minimum absolute atomic E-state index is 0.283. The Labute approximate surface area is 164 Å². The molecule has 0 aliphatic heterocycles. The Morgan fingerprint density at radius 1 is 1.00 bits per heavy atom. The number of anilines is 1. The number of nitrogens with one attached hydrogen (secondary N) is 1. The van der Waals surface area contributed by atoms with Crippen LogP contribution in [-0.2, 0) is 5.54 Å². The van der Waals surface area contributed by atoms with Crippen molar-refractivity contribution in [3.8, 4) is 5.69 Å². The lowest BCUT2D eigenvalue weighted by Crippen LogP contribution is -2.40. The molecule has 0 bridgehead atoms. The zero-order valence-corrected chi connectivity index (χ0v) is 16.5. The third kappa shape index (κ3) is 3.56. The average Bonchev–Trinajstić information content (AvgIpc) is 3.17. The lowest BCUT2D eigenvalue weighted by atomic mass is 9.80. The van der Waals surface area contributed by atoms with E-state index < -0.39 is 0 Å². The van der Waals surface area contributed by atoms with Crippen molar-refractivity contribution < 1.29 is 0 Å². The Balaban J connectivity index is 1.76. The molecular weight excluding hydrogens is 358 g/mol. The molecule has 0 unspecified atom stereocenters. The maximum Gasteiger partial charge on any atom is 0.181 e. The molecule has 0 spiro atoms. The number of hydrogen-bond donors (Lipinski definition) is 1. The first-order valence-corrected chi connectivity index (χ1v) is 9.85. The highest BCUT2D eigenvalue weighted by Gasteiger charge is 2.39. The van der Waals surface area contributed by atoms with Crippen molar-refractivity contribution in [1.29, 1.82) is 0 Å². The quantitative estimate of drug-likeness (QED) is 0.674. The van der Waals surface area contributed by atoms with Crippen molar-refractivity contribution in [2.75, 3.05) is 5.32 Å². The van der Waals surface area contributed by atoms with Gasteiger partial charge in [0.25, 0.3) is 0 Å². The van der Waals surface area contributed by atoms with E-state index in [4.69, 9.17) is 11.6 Å². The Bertz CT molecular complexity index is 926. The van der Waals surface area contributed by atoms with Crippen LogP contribution in [0.3, 0.4) is 0 Å². The van der Waals surface area contributed by atoms with Gasteiger partial charge >= 0.3 is 0 Å². The third-order valence-corrected chi connectivity index (χ3v) is 5.85. The topological polar surface area (TPSA) is 55.6 Å². The molecule has 1 N–H and O–H groups in total. The van der Waals surface area contributed by atoms with Gasteiger partial charge in [-0.2, -0.15) is 4.68 Å². The van der Waals surface area contributed by atoms with Gasteiger partial charge in [0.05, 0.1) is 11.2 Å². The maximum atomic E-state index is 6.35. The van der Waals surface area contributed by atoms with Gasteiger partial charge in [0, 0.05) is 10.7 Å². The number of tetrazole rings is 1. The number of rotatable bonds is 4. The standard InChI is InChI=1S/C21H24ClN5/c1-15-6-9-17(10-7-15)23-21(12-4-3-5-13-21)20-24-25-26-27(20)18-11-8-16(2)19(22)14-18/h6-11,14,23H,3-5,12-13H2,1-2H3. The van der Waals surface area contributed by atoms with Crippen LogP contribution in [0.25, 0.3) is 5.69 Å². The summed E-state index contributed by atoms with van der Waals surface area (Å²) in [6.07, 6.45) is 5.55. The highest BCUT2D eigenvalue weighted by molar-refractivity contribution is 6.31. The molecule has 140 valence electrons. The second-order valence-corrected chi connectivity index (χ2v) is 7.89. The van der Waals surface area contributed by atoms with E-state index in [-0.39, 0.29) is 5.54 Å². The lowest BCUT2D eigenvalue weighted by molar-refractivity contribution is 0.309. The molecule has 0 saturated heterocycles. The largest absolute Gasteiger partial charge is 0.373 e. The first-order valence-electron chi connectivity index (χ1n) is 9.48. The van der Waals surface area contributed by atoms with E-state index >= 15 is 0 Å². The van der Waals surface area contributed by atoms with Gasteiger partial charge in [0.15, 0.2) is 5.82 Å². The molecule has 0 atom stereocenters.